The van der Waals surface area contributed by atoms with Gasteiger partial charge in [0.05, 0.1) is 22.9 Å². The van der Waals surface area contributed by atoms with E-state index < -0.39 is 0 Å². The summed E-state index contributed by atoms with van der Waals surface area (Å²) in [6.07, 6.45) is 5.11. The largest absolute Gasteiger partial charge is 0.329 e. The van der Waals surface area contributed by atoms with E-state index in [2.05, 4.69) is 40.5 Å². The molecule has 2 aromatic rings. The molecule has 0 radical (unpaired) electrons. The first-order chi connectivity index (χ1) is 9.63. The summed E-state index contributed by atoms with van der Waals surface area (Å²) in [6.45, 7) is 6.52. The van der Waals surface area contributed by atoms with E-state index in [-0.39, 0.29) is 6.04 Å². The standard InChI is InChI=1S/C14H23N5S/c1-4-5-19-8-12(7-16-19)14(6-15)18(3)9-13-10-20-11(2)17-13/h7-8,10,14H,4-6,9,15H2,1-3H3. The van der Waals surface area contributed by atoms with Gasteiger partial charge in [0.1, 0.15) is 0 Å². The van der Waals surface area contributed by atoms with Crippen LogP contribution in [-0.4, -0.2) is 33.3 Å². The van der Waals surface area contributed by atoms with Crippen LogP contribution in [0.5, 0.6) is 0 Å². The lowest BCUT2D eigenvalue weighted by molar-refractivity contribution is 0.239. The van der Waals surface area contributed by atoms with Crippen molar-refractivity contribution >= 4 is 11.3 Å². The molecule has 1 atom stereocenters. The van der Waals surface area contributed by atoms with Crippen molar-refractivity contribution in [1.29, 1.82) is 0 Å². The average Bonchev–Trinajstić information content (AvgIpc) is 3.01. The molecule has 0 spiro atoms. The first-order valence-corrected chi connectivity index (χ1v) is 7.85. The summed E-state index contributed by atoms with van der Waals surface area (Å²) in [5.41, 5.74) is 8.23. The van der Waals surface area contributed by atoms with E-state index in [0.717, 1.165) is 30.2 Å². The highest BCUT2D eigenvalue weighted by molar-refractivity contribution is 7.09. The van der Waals surface area contributed by atoms with Gasteiger partial charge in [0.15, 0.2) is 0 Å². The molecule has 5 nitrogen and oxygen atoms in total. The second-order valence-corrected chi connectivity index (χ2v) is 6.12. The molecule has 0 bridgehead atoms. The quantitative estimate of drug-likeness (QED) is 0.850. The van der Waals surface area contributed by atoms with E-state index in [1.165, 1.54) is 5.56 Å². The summed E-state index contributed by atoms with van der Waals surface area (Å²) in [5, 5.41) is 7.61. The lowest BCUT2D eigenvalue weighted by Crippen LogP contribution is -2.30. The molecule has 2 rings (SSSR count). The molecular formula is C14H23N5S. The number of rotatable bonds is 7. The topological polar surface area (TPSA) is 60.0 Å². The van der Waals surface area contributed by atoms with Gasteiger partial charge in [-0.1, -0.05) is 6.92 Å². The Morgan fingerprint density at radius 3 is 2.90 bits per heavy atom. The van der Waals surface area contributed by atoms with Crippen LogP contribution in [0.2, 0.25) is 0 Å². The minimum absolute atomic E-state index is 0.183. The highest BCUT2D eigenvalue weighted by Crippen LogP contribution is 2.20. The minimum Gasteiger partial charge on any atom is -0.329 e. The predicted octanol–water partition coefficient (Wildman–Crippen LogP) is 2.19. The zero-order valence-electron chi connectivity index (χ0n) is 12.4. The summed E-state index contributed by atoms with van der Waals surface area (Å²) < 4.78 is 1.98. The molecule has 0 aliphatic carbocycles. The number of hydrogen-bond acceptors (Lipinski definition) is 5. The Morgan fingerprint density at radius 1 is 1.50 bits per heavy atom. The van der Waals surface area contributed by atoms with Crippen LogP contribution in [0.25, 0.3) is 0 Å². The molecule has 2 heterocycles. The van der Waals surface area contributed by atoms with Crippen LogP contribution in [-0.2, 0) is 13.1 Å². The molecule has 0 aliphatic heterocycles. The number of likely N-dealkylation sites (N-methyl/N-ethyl adjacent to an activating group) is 1. The van der Waals surface area contributed by atoms with Gasteiger partial charge in [-0.15, -0.1) is 11.3 Å². The van der Waals surface area contributed by atoms with Crippen molar-refractivity contribution in [1.82, 2.24) is 19.7 Å². The Balaban J connectivity index is 2.05. The van der Waals surface area contributed by atoms with E-state index in [1.54, 1.807) is 11.3 Å². The summed E-state index contributed by atoms with van der Waals surface area (Å²) in [5.74, 6) is 0. The van der Waals surface area contributed by atoms with E-state index in [4.69, 9.17) is 5.73 Å². The minimum atomic E-state index is 0.183. The summed E-state index contributed by atoms with van der Waals surface area (Å²) in [6, 6.07) is 0.183. The summed E-state index contributed by atoms with van der Waals surface area (Å²) in [4.78, 5) is 6.75. The SMILES string of the molecule is CCCn1cc(C(CN)N(C)Cc2csc(C)n2)cn1. The van der Waals surface area contributed by atoms with Gasteiger partial charge in [0.2, 0.25) is 0 Å². The Kier molecular flexibility index (Phi) is 5.28. The van der Waals surface area contributed by atoms with E-state index in [9.17, 15) is 0 Å². The van der Waals surface area contributed by atoms with Gasteiger partial charge in [-0.2, -0.15) is 5.10 Å². The normalized spacial score (nSPS) is 13.1. The van der Waals surface area contributed by atoms with E-state index >= 15 is 0 Å². The van der Waals surface area contributed by atoms with Crippen molar-refractivity contribution in [2.45, 2.75) is 39.4 Å². The Labute approximate surface area is 124 Å². The molecule has 20 heavy (non-hydrogen) atoms. The van der Waals surface area contributed by atoms with Crippen LogP contribution in [0.4, 0.5) is 0 Å². The monoisotopic (exact) mass is 293 g/mol. The molecule has 6 heteroatoms. The maximum Gasteiger partial charge on any atom is 0.0897 e. The predicted molar refractivity (Wildman–Crippen MR) is 82.6 cm³/mol. The fourth-order valence-corrected chi connectivity index (χ4v) is 2.92. The highest BCUT2D eigenvalue weighted by atomic mass is 32.1. The van der Waals surface area contributed by atoms with Crippen molar-refractivity contribution in [3.8, 4) is 0 Å². The zero-order chi connectivity index (χ0) is 14.5. The Bertz CT molecular complexity index is 533. The molecule has 0 fully saturated rings. The molecule has 0 aliphatic rings. The summed E-state index contributed by atoms with van der Waals surface area (Å²) >= 11 is 1.69. The Hall–Kier alpha value is -1.24. The average molecular weight is 293 g/mol. The molecule has 0 amide bonds. The first-order valence-electron chi connectivity index (χ1n) is 6.97. The molecular weight excluding hydrogens is 270 g/mol. The third kappa shape index (κ3) is 3.65. The maximum absolute atomic E-state index is 5.95. The third-order valence-corrected chi connectivity index (χ3v) is 4.15. The van der Waals surface area contributed by atoms with Crippen LogP contribution in [0.1, 0.15) is 35.7 Å². The van der Waals surface area contributed by atoms with Crippen LogP contribution < -0.4 is 5.73 Å². The van der Waals surface area contributed by atoms with Gasteiger partial charge in [-0.3, -0.25) is 9.58 Å². The number of aryl methyl sites for hydroxylation is 2. The van der Waals surface area contributed by atoms with Gasteiger partial charge in [0, 0.05) is 36.8 Å². The number of nitrogens with zero attached hydrogens (tertiary/aromatic N) is 4. The van der Waals surface area contributed by atoms with Crippen molar-refractivity contribution in [3.05, 3.63) is 34.0 Å². The van der Waals surface area contributed by atoms with Gasteiger partial charge >= 0.3 is 0 Å². The molecule has 2 aromatic heterocycles. The van der Waals surface area contributed by atoms with Gasteiger partial charge in [0.25, 0.3) is 0 Å². The van der Waals surface area contributed by atoms with E-state index in [0.29, 0.717) is 6.54 Å². The van der Waals surface area contributed by atoms with Crippen molar-refractivity contribution < 1.29 is 0 Å². The molecule has 1 unspecified atom stereocenters. The third-order valence-electron chi connectivity index (χ3n) is 3.32. The van der Waals surface area contributed by atoms with Crippen LogP contribution in [0.3, 0.4) is 0 Å². The Morgan fingerprint density at radius 2 is 2.30 bits per heavy atom. The second-order valence-electron chi connectivity index (χ2n) is 5.06. The zero-order valence-corrected chi connectivity index (χ0v) is 13.2. The summed E-state index contributed by atoms with van der Waals surface area (Å²) in [7, 11) is 2.09. The van der Waals surface area contributed by atoms with Gasteiger partial charge in [-0.25, -0.2) is 4.98 Å². The molecule has 2 N–H and O–H groups in total. The van der Waals surface area contributed by atoms with Crippen LogP contribution in [0.15, 0.2) is 17.8 Å². The second kappa shape index (κ2) is 6.97. The fourth-order valence-electron chi connectivity index (χ4n) is 2.32. The lowest BCUT2D eigenvalue weighted by Gasteiger charge is -2.25. The van der Waals surface area contributed by atoms with E-state index in [1.807, 2.05) is 17.8 Å². The van der Waals surface area contributed by atoms with Crippen molar-refractivity contribution in [3.63, 3.8) is 0 Å². The molecule has 0 aromatic carbocycles. The highest BCUT2D eigenvalue weighted by Gasteiger charge is 2.18. The number of thiazole rings is 1. The number of aromatic nitrogens is 3. The lowest BCUT2D eigenvalue weighted by atomic mass is 10.1. The van der Waals surface area contributed by atoms with Crippen LogP contribution in [0, 0.1) is 6.92 Å². The smallest absolute Gasteiger partial charge is 0.0897 e. The number of nitrogens with two attached hydrogens (primary N) is 1. The molecule has 110 valence electrons. The maximum atomic E-state index is 5.95. The molecule has 0 saturated carbocycles. The van der Waals surface area contributed by atoms with Crippen molar-refractivity contribution in [2.75, 3.05) is 13.6 Å². The van der Waals surface area contributed by atoms with Gasteiger partial charge < -0.3 is 5.73 Å². The molecule has 0 saturated heterocycles. The number of hydrogen-bond donors (Lipinski definition) is 1. The van der Waals surface area contributed by atoms with Gasteiger partial charge in [-0.05, 0) is 20.4 Å². The van der Waals surface area contributed by atoms with Crippen molar-refractivity contribution in [2.24, 2.45) is 5.73 Å². The van der Waals surface area contributed by atoms with Crippen LogP contribution >= 0.6 is 11.3 Å². The fraction of sp³-hybridized carbons (Fsp3) is 0.571. The first kappa shape index (κ1) is 15.2.